The van der Waals surface area contributed by atoms with Gasteiger partial charge in [-0.1, -0.05) is 84.4 Å². The van der Waals surface area contributed by atoms with E-state index in [1.165, 1.54) is 11.1 Å². The molecule has 2 heterocycles. The predicted octanol–water partition coefficient (Wildman–Crippen LogP) is 7.26. The third-order valence-electron chi connectivity index (χ3n) is 7.09. The molecule has 1 aliphatic heterocycles. The van der Waals surface area contributed by atoms with Gasteiger partial charge in [0, 0.05) is 43.4 Å². The number of nitrogens with one attached hydrogen (secondary N) is 2. The van der Waals surface area contributed by atoms with E-state index in [0.29, 0.717) is 5.02 Å². The molecule has 0 bridgehead atoms. The lowest BCUT2D eigenvalue weighted by Gasteiger charge is -2.48. The lowest BCUT2D eigenvalue weighted by molar-refractivity contribution is 0.0673. The highest BCUT2D eigenvalue weighted by molar-refractivity contribution is 6.33. The maximum Gasteiger partial charge on any atom is 0.139 e. The van der Waals surface area contributed by atoms with Crippen molar-refractivity contribution in [3.63, 3.8) is 0 Å². The zero-order valence-corrected chi connectivity index (χ0v) is 24.2. The first-order chi connectivity index (χ1) is 16.6. The molecule has 0 aliphatic carbocycles. The molecule has 1 unspecified atom stereocenters. The van der Waals surface area contributed by atoms with Crippen LogP contribution >= 0.6 is 48.8 Å². The third-order valence-corrected chi connectivity index (χ3v) is 7.42. The molecule has 1 fully saturated rings. The fraction of sp³-hybridized carbons (Fsp3) is 0.276. The average Bonchev–Trinajstić information content (AvgIpc) is 3.28. The van der Waals surface area contributed by atoms with Crippen LogP contribution in [0.5, 0.6) is 0 Å². The van der Waals surface area contributed by atoms with Crippen molar-refractivity contribution >= 4 is 48.8 Å². The Balaban J connectivity index is 0.00000160. The molecule has 0 saturated carbocycles. The molecular formula is C29H34Cl4N4. The first kappa shape index (κ1) is 31.2. The van der Waals surface area contributed by atoms with Crippen molar-refractivity contribution in [1.29, 1.82) is 0 Å². The molecule has 3 aromatic carbocycles. The topological polar surface area (TPSA) is 44.0 Å². The zero-order chi connectivity index (χ0) is 23.5. The van der Waals surface area contributed by atoms with Crippen molar-refractivity contribution in [3.8, 4) is 11.4 Å². The molecule has 0 spiro atoms. The minimum atomic E-state index is -0.370. The summed E-state index contributed by atoms with van der Waals surface area (Å²) in [6.45, 7) is 8.35. The Morgan fingerprint density at radius 1 is 0.811 bits per heavy atom. The van der Waals surface area contributed by atoms with Crippen molar-refractivity contribution in [2.75, 3.05) is 26.2 Å². The molecule has 2 N–H and O–H groups in total. The van der Waals surface area contributed by atoms with E-state index in [0.717, 1.165) is 49.0 Å². The van der Waals surface area contributed by atoms with Gasteiger partial charge in [-0.25, -0.2) is 4.98 Å². The van der Waals surface area contributed by atoms with Gasteiger partial charge in [-0.2, -0.15) is 0 Å². The summed E-state index contributed by atoms with van der Waals surface area (Å²) < 4.78 is 0. The molecule has 1 atom stereocenters. The molecule has 1 aromatic heterocycles. The van der Waals surface area contributed by atoms with Crippen molar-refractivity contribution in [3.05, 3.63) is 112 Å². The second-order valence-electron chi connectivity index (χ2n) is 9.18. The average molecular weight is 580 g/mol. The number of H-pyrrole nitrogens is 1. The van der Waals surface area contributed by atoms with E-state index in [1.807, 2.05) is 24.3 Å². The van der Waals surface area contributed by atoms with Crippen molar-refractivity contribution in [2.45, 2.75) is 25.3 Å². The van der Waals surface area contributed by atoms with Crippen LogP contribution < -0.4 is 5.32 Å². The highest BCUT2D eigenvalue weighted by Gasteiger charge is 2.46. The Kier molecular flexibility index (Phi) is 11.5. The number of hydrogen-bond acceptors (Lipinski definition) is 3. The van der Waals surface area contributed by atoms with Crippen LogP contribution in [0.15, 0.2) is 84.9 Å². The highest BCUT2D eigenvalue weighted by atomic mass is 35.5. The number of aryl methyl sites for hydroxylation is 1. The van der Waals surface area contributed by atoms with Crippen molar-refractivity contribution < 1.29 is 0 Å². The number of aromatic nitrogens is 2. The number of rotatable bonds is 6. The summed E-state index contributed by atoms with van der Waals surface area (Å²) in [7, 11) is 0. The van der Waals surface area contributed by atoms with Crippen LogP contribution in [-0.4, -0.2) is 41.0 Å². The van der Waals surface area contributed by atoms with E-state index >= 15 is 0 Å². The van der Waals surface area contributed by atoms with E-state index in [-0.39, 0.29) is 48.7 Å². The van der Waals surface area contributed by atoms with E-state index in [1.54, 1.807) is 0 Å². The predicted molar refractivity (Wildman–Crippen MR) is 162 cm³/mol. The number of halogens is 4. The molecule has 1 saturated heterocycles. The number of piperazine rings is 1. The second kappa shape index (κ2) is 13.7. The first-order valence-corrected chi connectivity index (χ1v) is 12.3. The van der Waals surface area contributed by atoms with E-state index in [2.05, 4.69) is 89.7 Å². The van der Waals surface area contributed by atoms with Crippen molar-refractivity contribution in [1.82, 2.24) is 20.2 Å². The van der Waals surface area contributed by atoms with Crippen LogP contribution in [0.25, 0.3) is 11.4 Å². The molecule has 4 nitrogen and oxygen atoms in total. The van der Waals surface area contributed by atoms with Gasteiger partial charge in [-0.3, -0.25) is 4.90 Å². The quantitative estimate of drug-likeness (QED) is 0.253. The first-order valence-electron chi connectivity index (χ1n) is 12.0. The zero-order valence-electron chi connectivity index (χ0n) is 21.0. The molecule has 37 heavy (non-hydrogen) atoms. The lowest BCUT2D eigenvalue weighted by atomic mass is 9.72. The molecule has 0 amide bonds. The minimum absolute atomic E-state index is 0. The van der Waals surface area contributed by atoms with E-state index < -0.39 is 0 Å². The van der Waals surface area contributed by atoms with E-state index in [9.17, 15) is 0 Å². The molecule has 0 radical (unpaired) electrons. The summed E-state index contributed by atoms with van der Waals surface area (Å²) in [4.78, 5) is 11.4. The van der Waals surface area contributed by atoms with E-state index in [4.69, 9.17) is 16.6 Å². The second-order valence-corrected chi connectivity index (χ2v) is 9.59. The number of aromatic amines is 1. The Bertz CT molecular complexity index is 1200. The molecule has 1 aliphatic rings. The normalized spacial score (nSPS) is 15.1. The summed E-state index contributed by atoms with van der Waals surface area (Å²) in [5, 5.41) is 4.23. The van der Waals surface area contributed by atoms with Crippen molar-refractivity contribution in [2.24, 2.45) is 0 Å². The summed E-state index contributed by atoms with van der Waals surface area (Å²) in [6, 6.07) is 29.6. The summed E-state index contributed by atoms with van der Waals surface area (Å²) >= 11 is 6.56. The van der Waals surface area contributed by atoms with Gasteiger partial charge in [-0.15, -0.1) is 37.2 Å². The van der Waals surface area contributed by atoms with Gasteiger partial charge in [-0.05, 0) is 37.1 Å². The third kappa shape index (κ3) is 6.17. The van der Waals surface area contributed by atoms with Crippen LogP contribution in [0.1, 0.15) is 35.4 Å². The van der Waals surface area contributed by atoms with Gasteiger partial charge < -0.3 is 10.3 Å². The Hall–Kier alpha value is -2.05. The smallest absolute Gasteiger partial charge is 0.139 e. The molecule has 8 heteroatoms. The minimum Gasteiger partial charge on any atom is -0.342 e. The Labute approximate surface area is 243 Å². The molecule has 4 aromatic rings. The monoisotopic (exact) mass is 578 g/mol. The van der Waals surface area contributed by atoms with Gasteiger partial charge in [0.25, 0.3) is 0 Å². The molecule has 5 rings (SSSR count). The van der Waals surface area contributed by atoms with Crippen LogP contribution in [0.3, 0.4) is 0 Å². The fourth-order valence-corrected chi connectivity index (χ4v) is 5.69. The van der Waals surface area contributed by atoms with Gasteiger partial charge in [0.15, 0.2) is 0 Å². The number of benzene rings is 3. The van der Waals surface area contributed by atoms with Gasteiger partial charge in [0.1, 0.15) is 5.82 Å². The standard InChI is InChI=1S/C29H31ClN4.3ClH/c1-21-27(33-28(32-21)24-15-9-10-16-25(24)30)29(2,34-19-17-31-18-20-34)26(22-11-5-3-6-12-22)23-13-7-4-8-14-23;;;/h3-16,26,31H,17-20H2,1-2H3,(H,32,33);3*1H. The van der Waals surface area contributed by atoms with Gasteiger partial charge in [0.05, 0.1) is 16.3 Å². The van der Waals surface area contributed by atoms with Crippen LogP contribution in [0, 0.1) is 6.92 Å². The molecule has 198 valence electrons. The SMILES string of the molecule is Cc1[nH]c(-c2ccccc2Cl)nc1C(C)(C(c1ccccc1)c1ccccc1)N1CCNCC1.Cl.Cl.Cl. The number of hydrogen-bond donors (Lipinski definition) is 2. The number of imidazole rings is 1. The Morgan fingerprint density at radius 2 is 1.32 bits per heavy atom. The summed E-state index contributed by atoms with van der Waals surface area (Å²) in [5.74, 6) is 0.924. The maximum atomic E-state index is 6.56. The lowest BCUT2D eigenvalue weighted by Crippen LogP contribution is -2.56. The van der Waals surface area contributed by atoms with Gasteiger partial charge in [0.2, 0.25) is 0 Å². The largest absolute Gasteiger partial charge is 0.342 e. The van der Waals surface area contributed by atoms with Crippen LogP contribution in [0.2, 0.25) is 5.02 Å². The number of nitrogens with zero attached hydrogens (tertiary/aromatic N) is 2. The highest BCUT2D eigenvalue weighted by Crippen LogP contribution is 2.47. The fourth-order valence-electron chi connectivity index (χ4n) is 5.46. The summed E-state index contributed by atoms with van der Waals surface area (Å²) in [5.41, 5.74) is 5.28. The Morgan fingerprint density at radius 3 is 1.86 bits per heavy atom. The van der Waals surface area contributed by atoms with Crippen LogP contribution in [-0.2, 0) is 5.54 Å². The molecular weight excluding hydrogens is 546 g/mol. The van der Waals surface area contributed by atoms with Gasteiger partial charge >= 0.3 is 0 Å². The maximum absolute atomic E-state index is 6.56. The summed E-state index contributed by atoms with van der Waals surface area (Å²) in [6.07, 6.45) is 0. The van der Waals surface area contributed by atoms with Crippen LogP contribution in [0.4, 0.5) is 0 Å².